The monoisotopic (exact) mass is 301 g/mol. The molecule has 0 radical (unpaired) electrons. The van der Waals surface area contributed by atoms with E-state index in [2.05, 4.69) is 15.5 Å². The largest absolute Gasteiger partial charge is 0.353 e. The van der Waals surface area contributed by atoms with Crippen molar-refractivity contribution in [3.8, 4) is 0 Å². The molecule has 1 aliphatic carbocycles. The first-order valence-electron chi connectivity index (χ1n) is 7.56. The Morgan fingerprint density at radius 1 is 1.32 bits per heavy atom. The van der Waals surface area contributed by atoms with Gasteiger partial charge < -0.3 is 5.32 Å². The van der Waals surface area contributed by atoms with E-state index >= 15 is 0 Å². The summed E-state index contributed by atoms with van der Waals surface area (Å²) in [6.45, 7) is 0.947. The molecule has 0 bridgehead atoms. The highest BCUT2D eigenvalue weighted by molar-refractivity contribution is 5.75. The zero-order valence-corrected chi connectivity index (χ0v) is 12.4. The Balaban J connectivity index is 1.55. The molecule has 2 aromatic rings. The fourth-order valence-corrected chi connectivity index (χ4v) is 2.66. The van der Waals surface area contributed by atoms with Gasteiger partial charge in [-0.05, 0) is 37.3 Å². The molecule has 2 heterocycles. The van der Waals surface area contributed by atoms with E-state index < -0.39 is 0 Å². The molecule has 1 amide bonds. The van der Waals surface area contributed by atoms with Gasteiger partial charge in [-0.1, -0.05) is 0 Å². The van der Waals surface area contributed by atoms with Crippen molar-refractivity contribution in [3.05, 3.63) is 46.1 Å². The van der Waals surface area contributed by atoms with Crippen LogP contribution < -0.4 is 10.9 Å². The number of carbonyl (C=O) groups is 1. The van der Waals surface area contributed by atoms with Crippen LogP contribution in [-0.2, 0) is 30.7 Å². The number of carbonyl (C=O) groups excluding carboxylic acids is 1. The van der Waals surface area contributed by atoms with Crippen molar-refractivity contribution in [1.82, 2.24) is 24.9 Å². The van der Waals surface area contributed by atoms with Gasteiger partial charge in [-0.15, -0.1) is 0 Å². The number of nitrogens with zero attached hydrogens (tertiary/aromatic N) is 4. The highest BCUT2D eigenvalue weighted by atomic mass is 16.2. The summed E-state index contributed by atoms with van der Waals surface area (Å²) < 4.78 is 3.00. The summed E-state index contributed by atoms with van der Waals surface area (Å²) in [5.41, 5.74) is 2.01. The predicted octanol–water partition coefficient (Wildman–Crippen LogP) is 0.135. The first kappa shape index (κ1) is 14.5. The van der Waals surface area contributed by atoms with Crippen molar-refractivity contribution in [2.45, 2.75) is 38.8 Å². The molecule has 0 unspecified atom stereocenters. The van der Waals surface area contributed by atoms with Crippen LogP contribution in [0, 0.1) is 0 Å². The van der Waals surface area contributed by atoms with Crippen LogP contribution in [0.5, 0.6) is 0 Å². The molecule has 0 spiro atoms. The topological polar surface area (TPSA) is 81.8 Å². The van der Waals surface area contributed by atoms with E-state index in [0.29, 0.717) is 13.1 Å². The summed E-state index contributed by atoms with van der Waals surface area (Å²) >= 11 is 0. The Hall–Kier alpha value is -2.44. The molecule has 0 saturated heterocycles. The van der Waals surface area contributed by atoms with Gasteiger partial charge in [0.15, 0.2) is 0 Å². The number of rotatable bonds is 5. The first-order valence-corrected chi connectivity index (χ1v) is 7.56. The molecular weight excluding hydrogens is 282 g/mol. The van der Waals surface area contributed by atoms with Gasteiger partial charge in [-0.3, -0.25) is 14.3 Å². The standard InChI is InChI=1S/C15H19N5O2/c21-14(11-19-8-3-6-17-19)16-7-9-20-15(22)10-12-4-1-2-5-13(12)18-20/h3,6,8,10H,1-2,4-5,7,9,11H2,(H,16,21). The van der Waals surface area contributed by atoms with Crippen molar-refractivity contribution in [2.24, 2.45) is 0 Å². The number of aromatic nitrogens is 4. The molecular formula is C15H19N5O2. The SMILES string of the molecule is O=C(Cn1cccn1)NCCn1nc2c(cc1=O)CCCC2. The van der Waals surface area contributed by atoms with Gasteiger partial charge >= 0.3 is 0 Å². The summed E-state index contributed by atoms with van der Waals surface area (Å²) in [5.74, 6) is -0.130. The highest BCUT2D eigenvalue weighted by Gasteiger charge is 2.13. The quantitative estimate of drug-likeness (QED) is 0.851. The Morgan fingerprint density at radius 3 is 3.00 bits per heavy atom. The van der Waals surface area contributed by atoms with Gasteiger partial charge in [0.05, 0.1) is 12.2 Å². The molecule has 7 nitrogen and oxygen atoms in total. The average molecular weight is 301 g/mol. The van der Waals surface area contributed by atoms with E-state index in [1.807, 2.05) is 0 Å². The van der Waals surface area contributed by atoms with E-state index in [-0.39, 0.29) is 18.0 Å². The van der Waals surface area contributed by atoms with Crippen LogP contribution >= 0.6 is 0 Å². The molecule has 0 fully saturated rings. The number of hydrogen-bond donors (Lipinski definition) is 1. The molecule has 0 saturated carbocycles. The molecule has 1 aliphatic rings. The first-order chi connectivity index (χ1) is 10.7. The zero-order chi connectivity index (χ0) is 15.4. The lowest BCUT2D eigenvalue weighted by Crippen LogP contribution is -2.34. The minimum Gasteiger partial charge on any atom is -0.353 e. The van der Waals surface area contributed by atoms with Crippen molar-refractivity contribution in [3.63, 3.8) is 0 Å². The lowest BCUT2D eigenvalue weighted by atomic mass is 9.97. The fourth-order valence-electron chi connectivity index (χ4n) is 2.66. The minimum atomic E-state index is -0.130. The molecule has 116 valence electrons. The number of hydrogen-bond acceptors (Lipinski definition) is 4. The van der Waals surface area contributed by atoms with Gasteiger partial charge in [0.2, 0.25) is 5.91 Å². The molecule has 0 aromatic carbocycles. The van der Waals surface area contributed by atoms with Crippen molar-refractivity contribution in [2.75, 3.05) is 6.54 Å². The lowest BCUT2D eigenvalue weighted by Gasteiger charge is -2.16. The van der Waals surface area contributed by atoms with Crippen LogP contribution in [0.15, 0.2) is 29.3 Å². The number of amides is 1. The maximum atomic E-state index is 12.0. The predicted molar refractivity (Wildman–Crippen MR) is 80.4 cm³/mol. The number of nitrogens with one attached hydrogen (secondary N) is 1. The smallest absolute Gasteiger partial charge is 0.267 e. The van der Waals surface area contributed by atoms with Gasteiger partial charge in [-0.2, -0.15) is 10.2 Å². The van der Waals surface area contributed by atoms with Gasteiger partial charge in [0, 0.05) is 25.0 Å². The van der Waals surface area contributed by atoms with E-state index in [1.54, 1.807) is 29.2 Å². The Labute approximate surface area is 128 Å². The third kappa shape index (κ3) is 3.41. The van der Waals surface area contributed by atoms with Crippen molar-refractivity contribution < 1.29 is 4.79 Å². The third-order valence-electron chi connectivity index (χ3n) is 3.78. The Kier molecular flexibility index (Phi) is 4.32. The van der Waals surface area contributed by atoms with E-state index in [0.717, 1.165) is 36.9 Å². The summed E-state index contributed by atoms with van der Waals surface area (Å²) in [7, 11) is 0. The maximum absolute atomic E-state index is 12.0. The number of fused-ring (bicyclic) bond motifs is 1. The van der Waals surface area contributed by atoms with Crippen molar-refractivity contribution in [1.29, 1.82) is 0 Å². The van der Waals surface area contributed by atoms with Crippen LogP contribution in [-0.4, -0.2) is 32.0 Å². The second-order valence-corrected chi connectivity index (χ2v) is 5.44. The van der Waals surface area contributed by atoms with Gasteiger partial charge in [0.25, 0.3) is 5.56 Å². The fraction of sp³-hybridized carbons (Fsp3) is 0.467. The second-order valence-electron chi connectivity index (χ2n) is 5.44. The van der Waals surface area contributed by atoms with E-state index in [4.69, 9.17) is 0 Å². The molecule has 0 aliphatic heterocycles. The normalized spacial score (nSPS) is 13.6. The summed E-state index contributed by atoms with van der Waals surface area (Å²) in [4.78, 5) is 23.7. The Morgan fingerprint density at radius 2 is 2.18 bits per heavy atom. The maximum Gasteiger partial charge on any atom is 0.267 e. The molecule has 2 aromatic heterocycles. The van der Waals surface area contributed by atoms with E-state index in [9.17, 15) is 9.59 Å². The van der Waals surface area contributed by atoms with Crippen LogP contribution in [0.1, 0.15) is 24.1 Å². The minimum absolute atomic E-state index is 0.0954. The molecule has 7 heteroatoms. The molecule has 22 heavy (non-hydrogen) atoms. The van der Waals surface area contributed by atoms with Crippen LogP contribution in [0.4, 0.5) is 0 Å². The van der Waals surface area contributed by atoms with Crippen LogP contribution in [0.3, 0.4) is 0 Å². The van der Waals surface area contributed by atoms with E-state index in [1.165, 1.54) is 4.68 Å². The van der Waals surface area contributed by atoms with Crippen LogP contribution in [0.2, 0.25) is 0 Å². The number of aryl methyl sites for hydroxylation is 2. The summed E-state index contributed by atoms with van der Waals surface area (Å²) in [6, 6.07) is 3.46. The van der Waals surface area contributed by atoms with Gasteiger partial charge in [-0.25, -0.2) is 4.68 Å². The molecule has 0 atom stereocenters. The van der Waals surface area contributed by atoms with Crippen LogP contribution in [0.25, 0.3) is 0 Å². The zero-order valence-electron chi connectivity index (χ0n) is 12.4. The highest BCUT2D eigenvalue weighted by Crippen LogP contribution is 2.16. The van der Waals surface area contributed by atoms with Crippen molar-refractivity contribution >= 4 is 5.91 Å². The lowest BCUT2D eigenvalue weighted by molar-refractivity contribution is -0.121. The third-order valence-corrected chi connectivity index (χ3v) is 3.78. The summed E-state index contributed by atoms with van der Waals surface area (Å²) in [6.07, 6.45) is 7.49. The molecule has 3 rings (SSSR count). The second kappa shape index (κ2) is 6.55. The summed E-state index contributed by atoms with van der Waals surface area (Å²) in [5, 5.41) is 11.2. The average Bonchev–Trinajstić information content (AvgIpc) is 3.00. The Bertz CT molecular complexity index is 705. The van der Waals surface area contributed by atoms with Gasteiger partial charge in [0.1, 0.15) is 6.54 Å². The molecule has 1 N–H and O–H groups in total.